The standard InChI is InChI=1S/C20H24ClN3O4/c1-26-18-12-19(27-2)17(11-16(18)21)23-20(25)22-15-5-3-14(4-6-15)13-24-7-9-28-10-8-24/h3-6,11-12H,7-10,13H2,1-2H3,(H2,22,23,25). The molecule has 0 spiro atoms. The number of carbonyl (C=O) groups is 1. The first kappa shape index (κ1) is 20.3. The van der Waals surface area contributed by atoms with Crippen LogP contribution < -0.4 is 20.1 Å². The van der Waals surface area contributed by atoms with E-state index in [-0.39, 0.29) is 6.03 Å². The highest BCUT2D eigenvalue weighted by Crippen LogP contribution is 2.35. The predicted molar refractivity (Wildman–Crippen MR) is 110 cm³/mol. The van der Waals surface area contributed by atoms with Crippen LogP contribution in [-0.4, -0.2) is 51.5 Å². The molecule has 2 aromatic carbocycles. The summed E-state index contributed by atoms with van der Waals surface area (Å²) in [4.78, 5) is 14.7. The quantitative estimate of drug-likeness (QED) is 0.764. The van der Waals surface area contributed by atoms with Crippen molar-refractivity contribution in [1.29, 1.82) is 0 Å². The Balaban J connectivity index is 1.59. The summed E-state index contributed by atoms with van der Waals surface area (Å²) in [5.74, 6) is 0.928. The van der Waals surface area contributed by atoms with Gasteiger partial charge in [0.2, 0.25) is 0 Å². The van der Waals surface area contributed by atoms with Gasteiger partial charge >= 0.3 is 6.03 Å². The Labute approximate surface area is 169 Å². The molecule has 1 aliphatic heterocycles. The van der Waals surface area contributed by atoms with Crippen LogP contribution in [0.25, 0.3) is 0 Å². The monoisotopic (exact) mass is 405 g/mol. The highest BCUT2D eigenvalue weighted by atomic mass is 35.5. The smallest absolute Gasteiger partial charge is 0.323 e. The summed E-state index contributed by atoms with van der Waals surface area (Å²) in [6.07, 6.45) is 0. The molecule has 0 aromatic heterocycles. The number of benzene rings is 2. The fraction of sp³-hybridized carbons (Fsp3) is 0.350. The molecule has 3 rings (SSSR count). The van der Waals surface area contributed by atoms with Gasteiger partial charge in [0.25, 0.3) is 0 Å². The molecule has 0 bridgehead atoms. The van der Waals surface area contributed by atoms with Crippen LogP contribution in [-0.2, 0) is 11.3 Å². The molecule has 2 amide bonds. The van der Waals surface area contributed by atoms with Gasteiger partial charge in [0.05, 0.1) is 38.1 Å². The van der Waals surface area contributed by atoms with Crippen molar-refractivity contribution in [2.45, 2.75) is 6.54 Å². The lowest BCUT2D eigenvalue weighted by Crippen LogP contribution is -2.35. The van der Waals surface area contributed by atoms with Crippen LogP contribution >= 0.6 is 11.6 Å². The van der Waals surface area contributed by atoms with Crippen LogP contribution in [0.4, 0.5) is 16.2 Å². The Hall–Kier alpha value is -2.48. The van der Waals surface area contributed by atoms with E-state index in [2.05, 4.69) is 15.5 Å². The molecule has 8 heteroatoms. The third-order valence-corrected chi connectivity index (χ3v) is 4.74. The first-order valence-electron chi connectivity index (χ1n) is 8.97. The number of nitrogens with zero attached hydrogens (tertiary/aromatic N) is 1. The minimum atomic E-state index is -0.388. The third-order valence-electron chi connectivity index (χ3n) is 4.44. The van der Waals surface area contributed by atoms with Crippen LogP contribution in [0, 0.1) is 0 Å². The van der Waals surface area contributed by atoms with Crippen molar-refractivity contribution in [3.63, 3.8) is 0 Å². The molecular formula is C20H24ClN3O4. The molecule has 1 fully saturated rings. The van der Waals surface area contributed by atoms with Crippen molar-refractivity contribution < 1.29 is 19.0 Å². The van der Waals surface area contributed by atoms with Crippen molar-refractivity contribution in [2.75, 3.05) is 51.2 Å². The van der Waals surface area contributed by atoms with E-state index >= 15 is 0 Å². The van der Waals surface area contributed by atoms with E-state index in [1.165, 1.54) is 19.8 Å². The predicted octanol–water partition coefficient (Wildman–Crippen LogP) is 3.83. The number of ether oxygens (including phenoxy) is 3. The van der Waals surface area contributed by atoms with Gasteiger partial charge in [-0.15, -0.1) is 0 Å². The summed E-state index contributed by atoms with van der Waals surface area (Å²) in [6, 6.07) is 10.6. The number of methoxy groups -OCH3 is 2. The van der Waals surface area contributed by atoms with Crippen LogP contribution in [0.3, 0.4) is 0 Å². The lowest BCUT2D eigenvalue weighted by Gasteiger charge is -2.26. The van der Waals surface area contributed by atoms with Crippen LogP contribution in [0.15, 0.2) is 36.4 Å². The average molecular weight is 406 g/mol. The van der Waals surface area contributed by atoms with E-state index in [0.29, 0.717) is 27.9 Å². The van der Waals surface area contributed by atoms with E-state index in [1.54, 1.807) is 12.1 Å². The topological polar surface area (TPSA) is 72.1 Å². The largest absolute Gasteiger partial charge is 0.495 e. The number of urea groups is 1. The molecule has 0 radical (unpaired) electrons. The average Bonchev–Trinajstić information content (AvgIpc) is 2.70. The lowest BCUT2D eigenvalue weighted by atomic mass is 10.2. The fourth-order valence-electron chi connectivity index (χ4n) is 2.95. The van der Waals surface area contributed by atoms with Gasteiger partial charge in [-0.3, -0.25) is 4.90 Å². The van der Waals surface area contributed by atoms with Gasteiger partial charge in [-0.25, -0.2) is 4.79 Å². The van der Waals surface area contributed by atoms with Crippen LogP contribution in [0.1, 0.15) is 5.56 Å². The molecule has 2 aromatic rings. The van der Waals surface area contributed by atoms with Gasteiger partial charge in [-0.1, -0.05) is 23.7 Å². The Bertz CT molecular complexity index is 808. The molecule has 150 valence electrons. The molecule has 1 aliphatic rings. The minimum absolute atomic E-state index is 0.381. The van der Waals surface area contributed by atoms with Crippen molar-refractivity contribution in [3.05, 3.63) is 47.0 Å². The molecule has 2 N–H and O–H groups in total. The van der Waals surface area contributed by atoms with E-state index in [1.807, 2.05) is 24.3 Å². The molecule has 0 saturated carbocycles. The Morgan fingerprint density at radius 3 is 2.39 bits per heavy atom. The second-order valence-corrected chi connectivity index (χ2v) is 6.76. The molecule has 1 heterocycles. The zero-order valence-corrected chi connectivity index (χ0v) is 16.7. The van der Waals surface area contributed by atoms with Gasteiger partial charge in [0.1, 0.15) is 11.5 Å². The van der Waals surface area contributed by atoms with Crippen LogP contribution in [0.5, 0.6) is 11.5 Å². The molecular weight excluding hydrogens is 382 g/mol. The number of nitrogens with one attached hydrogen (secondary N) is 2. The Kier molecular flexibility index (Phi) is 6.97. The molecule has 7 nitrogen and oxygen atoms in total. The Morgan fingerprint density at radius 2 is 1.75 bits per heavy atom. The van der Waals surface area contributed by atoms with Crippen molar-refractivity contribution in [3.8, 4) is 11.5 Å². The maximum Gasteiger partial charge on any atom is 0.323 e. The van der Waals surface area contributed by atoms with Gasteiger partial charge < -0.3 is 24.8 Å². The number of rotatable bonds is 6. The zero-order chi connectivity index (χ0) is 19.9. The Morgan fingerprint density at radius 1 is 1.07 bits per heavy atom. The van der Waals surface area contributed by atoms with Gasteiger partial charge in [-0.05, 0) is 23.8 Å². The number of morpholine rings is 1. The van der Waals surface area contributed by atoms with E-state index in [4.69, 9.17) is 25.8 Å². The van der Waals surface area contributed by atoms with E-state index in [9.17, 15) is 4.79 Å². The highest BCUT2D eigenvalue weighted by molar-refractivity contribution is 6.32. The van der Waals surface area contributed by atoms with Gasteiger partial charge in [0, 0.05) is 31.4 Å². The SMILES string of the molecule is COc1cc(OC)c(NC(=O)Nc2ccc(CN3CCOCC3)cc2)cc1Cl. The van der Waals surface area contributed by atoms with Crippen molar-refractivity contribution in [2.24, 2.45) is 0 Å². The summed E-state index contributed by atoms with van der Waals surface area (Å²) in [7, 11) is 3.03. The number of anilines is 2. The second-order valence-electron chi connectivity index (χ2n) is 6.35. The zero-order valence-electron chi connectivity index (χ0n) is 16.0. The van der Waals surface area contributed by atoms with Crippen molar-refractivity contribution in [1.82, 2.24) is 4.90 Å². The van der Waals surface area contributed by atoms with Gasteiger partial charge in [-0.2, -0.15) is 0 Å². The molecule has 0 atom stereocenters. The lowest BCUT2D eigenvalue weighted by molar-refractivity contribution is 0.0342. The molecule has 1 saturated heterocycles. The van der Waals surface area contributed by atoms with Crippen molar-refractivity contribution >= 4 is 29.0 Å². The summed E-state index contributed by atoms with van der Waals surface area (Å²) < 4.78 is 15.8. The van der Waals surface area contributed by atoms with Gasteiger partial charge in [0.15, 0.2) is 0 Å². The first-order valence-corrected chi connectivity index (χ1v) is 9.35. The van der Waals surface area contributed by atoms with Crippen LogP contribution in [0.2, 0.25) is 5.02 Å². The number of amides is 2. The highest BCUT2D eigenvalue weighted by Gasteiger charge is 2.13. The number of halogens is 1. The minimum Gasteiger partial charge on any atom is -0.495 e. The number of hydrogen-bond donors (Lipinski definition) is 2. The van der Waals surface area contributed by atoms with E-state index < -0.39 is 0 Å². The van der Waals surface area contributed by atoms with E-state index in [0.717, 1.165) is 32.8 Å². The first-order chi connectivity index (χ1) is 13.6. The summed E-state index contributed by atoms with van der Waals surface area (Å²) in [5, 5.41) is 5.93. The normalized spacial score (nSPS) is 14.4. The fourth-order valence-corrected chi connectivity index (χ4v) is 3.19. The number of carbonyl (C=O) groups excluding carboxylic acids is 1. The maximum absolute atomic E-state index is 12.3. The molecule has 0 aliphatic carbocycles. The maximum atomic E-state index is 12.3. The second kappa shape index (κ2) is 9.64. The number of hydrogen-bond acceptors (Lipinski definition) is 5. The summed E-state index contributed by atoms with van der Waals surface area (Å²) >= 11 is 6.14. The molecule has 28 heavy (non-hydrogen) atoms. The molecule has 0 unspecified atom stereocenters. The summed E-state index contributed by atoms with van der Waals surface area (Å²) in [6.45, 7) is 4.30. The third kappa shape index (κ3) is 5.28. The summed E-state index contributed by atoms with van der Waals surface area (Å²) in [5.41, 5.74) is 2.34.